The molecule has 1 aromatic heterocycles. The standard InChI is InChI=1S/C18H28N2O/c1-13(2)11-20(5)12-18-16(10-19-14(3)4)15-8-6-7-9-17(15)21-18/h6-9,13-14,19H,10-12H2,1-5H3. The van der Waals surface area contributed by atoms with Crippen LogP contribution in [0.25, 0.3) is 11.0 Å². The number of nitrogens with one attached hydrogen (secondary N) is 1. The number of benzene rings is 1. The Bertz CT molecular complexity index is 572. The maximum Gasteiger partial charge on any atom is 0.134 e. The minimum absolute atomic E-state index is 0.472. The molecular formula is C18H28N2O. The molecule has 1 heterocycles. The second-order valence-electron chi connectivity index (χ2n) is 6.63. The van der Waals surface area contributed by atoms with Crippen molar-refractivity contribution in [3.63, 3.8) is 0 Å². The van der Waals surface area contributed by atoms with Gasteiger partial charge in [-0.2, -0.15) is 0 Å². The molecule has 1 aromatic carbocycles. The Morgan fingerprint density at radius 3 is 2.52 bits per heavy atom. The quantitative estimate of drug-likeness (QED) is 0.834. The van der Waals surface area contributed by atoms with E-state index in [0.717, 1.165) is 31.0 Å². The van der Waals surface area contributed by atoms with Gasteiger partial charge in [0.25, 0.3) is 0 Å². The van der Waals surface area contributed by atoms with E-state index < -0.39 is 0 Å². The Morgan fingerprint density at radius 2 is 1.86 bits per heavy atom. The SMILES string of the molecule is CC(C)CN(C)Cc1oc2ccccc2c1CNC(C)C. The summed E-state index contributed by atoms with van der Waals surface area (Å²) in [6, 6.07) is 8.80. The van der Waals surface area contributed by atoms with E-state index >= 15 is 0 Å². The van der Waals surface area contributed by atoms with Crippen LogP contribution in [-0.4, -0.2) is 24.5 Å². The predicted molar refractivity (Wildman–Crippen MR) is 89.4 cm³/mol. The summed E-state index contributed by atoms with van der Waals surface area (Å²) in [6.45, 7) is 11.6. The minimum Gasteiger partial charge on any atom is -0.459 e. The molecule has 0 spiro atoms. The molecule has 0 aliphatic rings. The number of furan rings is 1. The van der Waals surface area contributed by atoms with Crippen LogP contribution < -0.4 is 5.32 Å². The minimum atomic E-state index is 0.472. The maximum atomic E-state index is 6.10. The van der Waals surface area contributed by atoms with Crippen LogP contribution in [0, 0.1) is 5.92 Å². The first-order valence-corrected chi connectivity index (χ1v) is 7.88. The average Bonchev–Trinajstić information content (AvgIpc) is 2.72. The van der Waals surface area contributed by atoms with E-state index in [1.54, 1.807) is 0 Å². The van der Waals surface area contributed by atoms with Crippen LogP contribution >= 0.6 is 0 Å². The molecule has 0 aliphatic carbocycles. The van der Waals surface area contributed by atoms with Crippen molar-refractivity contribution >= 4 is 11.0 Å². The molecular weight excluding hydrogens is 260 g/mol. The summed E-state index contributed by atoms with van der Waals surface area (Å²) in [4.78, 5) is 2.33. The molecule has 2 rings (SSSR count). The van der Waals surface area contributed by atoms with Gasteiger partial charge in [-0.1, -0.05) is 45.9 Å². The zero-order valence-electron chi connectivity index (χ0n) is 13.9. The fourth-order valence-corrected chi connectivity index (χ4v) is 2.71. The number of para-hydroxylation sites is 1. The number of rotatable bonds is 7. The molecule has 3 heteroatoms. The topological polar surface area (TPSA) is 28.4 Å². The van der Waals surface area contributed by atoms with E-state index in [1.165, 1.54) is 10.9 Å². The van der Waals surface area contributed by atoms with Crippen LogP contribution in [0.2, 0.25) is 0 Å². The Hall–Kier alpha value is -1.32. The van der Waals surface area contributed by atoms with E-state index in [4.69, 9.17) is 4.42 Å². The molecule has 2 aromatic rings. The third-order valence-electron chi connectivity index (χ3n) is 3.56. The Labute approximate surface area is 128 Å². The van der Waals surface area contributed by atoms with Crippen molar-refractivity contribution in [3.8, 4) is 0 Å². The first-order chi connectivity index (χ1) is 9.97. The predicted octanol–water partition coefficient (Wildman–Crippen LogP) is 4.02. The van der Waals surface area contributed by atoms with Crippen molar-refractivity contribution in [1.29, 1.82) is 0 Å². The highest BCUT2D eigenvalue weighted by atomic mass is 16.3. The molecule has 0 saturated carbocycles. The van der Waals surface area contributed by atoms with E-state index in [2.05, 4.69) is 63.2 Å². The van der Waals surface area contributed by atoms with Crippen molar-refractivity contribution in [1.82, 2.24) is 10.2 Å². The lowest BCUT2D eigenvalue weighted by atomic mass is 10.1. The van der Waals surface area contributed by atoms with Gasteiger partial charge in [0.2, 0.25) is 0 Å². The van der Waals surface area contributed by atoms with Gasteiger partial charge < -0.3 is 9.73 Å². The van der Waals surface area contributed by atoms with Gasteiger partial charge in [0.1, 0.15) is 11.3 Å². The highest BCUT2D eigenvalue weighted by Crippen LogP contribution is 2.27. The monoisotopic (exact) mass is 288 g/mol. The number of hydrogen-bond acceptors (Lipinski definition) is 3. The average molecular weight is 288 g/mol. The number of hydrogen-bond donors (Lipinski definition) is 1. The largest absolute Gasteiger partial charge is 0.459 e. The molecule has 0 unspecified atom stereocenters. The van der Waals surface area contributed by atoms with Gasteiger partial charge >= 0.3 is 0 Å². The molecule has 0 bridgehead atoms. The summed E-state index contributed by atoms with van der Waals surface area (Å²) in [7, 11) is 2.16. The molecule has 21 heavy (non-hydrogen) atoms. The van der Waals surface area contributed by atoms with Crippen LogP contribution in [-0.2, 0) is 13.1 Å². The van der Waals surface area contributed by atoms with Gasteiger partial charge in [0, 0.05) is 30.1 Å². The molecule has 0 saturated heterocycles. The lowest BCUT2D eigenvalue weighted by Gasteiger charge is -2.18. The van der Waals surface area contributed by atoms with E-state index in [9.17, 15) is 0 Å². The summed E-state index contributed by atoms with van der Waals surface area (Å²) in [5.41, 5.74) is 2.29. The Kier molecular flexibility index (Phi) is 5.43. The summed E-state index contributed by atoms with van der Waals surface area (Å²) in [6.07, 6.45) is 0. The van der Waals surface area contributed by atoms with Gasteiger partial charge in [-0.25, -0.2) is 0 Å². The van der Waals surface area contributed by atoms with Crippen LogP contribution in [0.4, 0.5) is 0 Å². The van der Waals surface area contributed by atoms with Crippen LogP contribution in [0.5, 0.6) is 0 Å². The van der Waals surface area contributed by atoms with Crippen molar-refractivity contribution in [2.75, 3.05) is 13.6 Å². The maximum absolute atomic E-state index is 6.10. The van der Waals surface area contributed by atoms with Crippen LogP contribution in [0.3, 0.4) is 0 Å². The molecule has 116 valence electrons. The van der Waals surface area contributed by atoms with Crippen molar-refractivity contribution in [3.05, 3.63) is 35.6 Å². The third-order valence-corrected chi connectivity index (χ3v) is 3.56. The Morgan fingerprint density at radius 1 is 1.14 bits per heavy atom. The molecule has 3 nitrogen and oxygen atoms in total. The highest BCUT2D eigenvalue weighted by Gasteiger charge is 2.15. The summed E-state index contributed by atoms with van der Waals surface area (Å²) in [5, 5.41) is 4.75. The molecule has 0 fully saturated rings. The smallest absolute Gasteiger partial charge is 0.134 e. The zero-order valence-corrected chi connectivity index (χ0v) is 13.9. The van der Waals surface area contributed by atoms with Gasteiger partial charge in [-0.15, -0.1) is 0 Å². The highest BCUT2D eigenvalue weighted by molar-refractivity contribution is 5.82. The fourth-order valence-electron chi connectivity index (χ4n) is 2.71. The van der Waals surface area contributed by atoms with Gasteiger partial charge in [-0.3, -0.25) is 4.90 Å². The molecule has 0 aliphatic heterocycles. The fraction of sp³-hybridized carbons (Fsp3) is 0.556. The summed E-state index contributed by atoms with van der Waals surface area (Å²) in [5.74, 6) is 1.75. The molecule has 1 N–H and O–H groups in total. The second kappa shape index (κ2) is 7.10. The first kappa shape index (κ1) is 16.1. The molecule has 0 amide bonds. The van der Waals surface area contributed by atoms with E-state index in [-0.39, 0.29) is 0 Å². The van der Waals surface area contributed by atoms with E-state index in [1.807, 2.05) is 6.07 Å². The summed E-state index contributed by atoms with van der Waals surface area (Å²) < 4.78 is 6.10. The van der Waals surface area contributed by atoms with Gasteiger partial charge in [-0.05, 0) is 19.0 Å². The zero-order chi connectivity index (χ0) is 15.4. The Balaban J connectivity index is 2.25. The van der Waals surface area contributed by atoms with Crippen molar-refractivity contribution < 1.29 is 4.42 Å². The van der Waals surface area contributed by atoms with E-state index in [0.29, 0.717) is 12.0 Å². The number of fused-ring (bicyclic) bond motifs is 1. The third kappa shape index (κ3) is 4.32. The van der Waals surface area contributed by atoms with Crippen LogP contribution in [0.15, 0.2) is 28.7 Å². The summed E-state index contributed by atoms with van der Waals surface area (Å²) >= 11 is 0. The molecule has 0 radical (unpaired) electrons. The van der Waals surface area contributed by atoms with Crippen LogP contribution in [0.1, 0.15) is 39.0 Å². The number of nitrogens with zero attached hydrogens (tertiary/aromatic N) is 1. The van der Waals surface area contributed by atoms with Crippen molar-refractivity contribution in [2.45, 2.75) is 46.8 Å². The lowest BCUT2D eigenvalue weighted by molar-refractivity contribution is 0.266. The van der Waals surface area contributed by atoms with Crippen molar-refractivity contribution in [2.24, 2.45) is 5.92 Å². The second-order valence-corrected chi connectivity index (χ2v) is 6.63. The lowest BCUT2D eigenvalue weighted by Crippen LogP contribution is -2.25. The molecule has 0 atom stereocenters. The first-order valence-electron chi connectivity index (χ1n) is 7.88. The van der Waals surface area contributed by atoms with Gasteiger partial charge in [0.05, 0.1) is 6.54 Å². The normalized spacial score (nSPS) is 12.2. The van der Waals surface area contributed by atoms with Gasteiger partial charge in [0.15, 0.2) is 0 Å².